The molecule has 2 aliphatic rings. The van der Waals surface area contributed by atoms with E-state index in [1.54, 1.807) is 18.7 Å². The van der Waals surface area contributed by atoms with Crippen LogP contribution in [0.25, 0.3) is 0 Å². The summed E-state index contributed by atoms with van der Waals surface area (Å²) in [7, 11) is 0. The highest BCUT2D eigenvalue weighted by atomic mass is 16.3. The Morgan fingerprint density at radius 3 is 2.53 bits per heavy atom. The van der Waals surface area contributed by atoms with E-state index >= 15 is 0 Å². The highest BCUT2D eigenvalue weighted by Crippen LogP contribution is 2.19. The molecule has 0 bridgehead atoms. The first-order valence-electron chi connectivity index (χ1n) is 6.38. The van der Waals surface area contributed by atoms with Gasteiger partial charge in [-0.25, -0.2) is 4.79 Å². The summed E-state index contributed by atoms with van der Waals surface area (Å²) in [6.07, 6.45) is 0.132. The number of nitrogens with one attached hydrogen (secondary N) is 1. The van der Waals surface area contributed by atoms with Crippen molar-refractivity contribution in [2.45, 2.75) is 25.8 Å². The predicted octanol–water partition coefficient (Wildman–Crippen LogP) is -0.842. The topological polar surface area (TPSA) is 90.0 Å². The summed E-state index contributed by atoms with van der Waals surface area (Å²) in [4.78, 5) is 38.0. The van der Waals surface area contributed by atoms with E-state index in [0.29, 0.717) is 13.1 Å². The lowest BCUT2D eigenvalue weighted by atomic mass is 10.0. The predicted molar refractivity (Wildman–Crippen MR) is 66.1 cm³/mol. The molecule has 106 valence electrons. The van der Waals surface area contributed by atoms with E-state index in [4.69, 9.17) is 5.11 Å². The number of imide groups is 1. The lowest BCUT2D eigenvalue weighted by Crippen LogP contribution is -2.52. The second-order valence-electron chi connectivity index (χ2n) is 5.61. The maximum absolute atomic E-state index is 11.9. The number of aliphatic hydroxyl groups excluding tert-OH is 1. The van der Waals surface area contributed by atoms with E-state index in [9.17, 15) is 14.4 Å². The zero-order valence-corrected chi connectivity index (χ0v) is 11.2. The SMILES string of the molecule is CC1(C)NC(=O)N(CCC(=O)N2CC(CO)C2)C1=O. The Labute approximate surface area is 111 Å². The van der Waals surface area contributed by atoms with Gasteiger partial charge in [0.05, 0.1) is 0 Å². The molecule has 0 unspecified atom stereocenters. The van der Waals surface area contributed by atoms with E-state index in [1.807, 2.05) is 0 Å². The normalized spacial score (nSPS) is 22.5. The second-order valence-corrected chi connectivity index (χ2v) is 5.61. The third-order valence-corrected chi connectivity index (χ3v) is 3.56. The number of aliphatic hydroxyl groups is 1. The van der Waals surface area contributed by atoms with Gasteiger partial charge in [0.15, 0.2) is 0 Å². The maximum Gasteiger partial charge on any atom is 0.325 e. The summed E-state index contributed by atoms with van der Waals surface area (Å²) in [6, 6.07) is -0.445. The average molecular weight is 269 g/mol. The molecule has 0 aromatic heterocycles. The molecule has 0 aromatic rings. The van der Waals surface area contributed by atoms with Gasteiger partial charge in [-0.3, -0.25) is 14.5 Å². The van der Waals surface area contributed by atoms with Crippen molar-refractivity contribution >= 4 is 17.8 Å². The van der Waals surface area contributed by atoms with E-state index in [-0.39, 0.29) is 37.3 Å². The highest BCUT2D eigenvalue weighted by molar-refractivity contribution is 6.06. The van der Waals surface area contributed by atoms with E-state index < -0.39 is 11.6 Å². The molecule has 0 atom stereocenters. The number of urea groups is 1. The summed E-state index contributed by atoms with van der Waals surface area (Å²) in [5.41, 5.74) is -0.890. The fourth-order valence-electron chi connectivity index (χ4n) is 2.28. The van der Waals surface area contributed by atoms with Crippen LogP contribution in [0, 0.1) is 5.92 Å². The Morgan fingerprint density at radius 1 is 1.42 bits per heavy atom. The number of likely N-dealkylation sites (tertiary alicyclic amines) is 1. The molecular formula is C12H19N3O4. The molecule has 2 heterocycles. The van der Waals surface area contributed by atoms with Gasteiger partial charge in [0, 0.05) is 38.6 Å². The van der Waals surface area contributed by atoms with E-state index in [1.165, 1.54) is 0 Å². The van der Waals surface area contributed by atoms with Gasteiger partial charge in [-0.05, 0) is 13.8 Å². The van der Waals surface area contributed by atoms with Crippen molar-refractivity contribution in [3.05, 3.63) is 0 Å². The minimum atomic E-state index is -0.890. The minimum Gasteiger partial charge on any atom is -0.396 e. The molecule has 0 saturated carbocycles. The van der Waals surface area contributed by atoms with Gasteiger partial charge in [0.2, 0.25) is 5.91 Å². The van der Waals surface area contributed by atoms with Crippen LogP contribution in [0.1, 0.15) is 20.3 Å². The lowest BCUT2D eigenvalue weighted by Gasteiger charge is -2.38. The Morgan fingerprint density at radius 2 is 2.05 bits per heavy atom. The van der Waals surface area contributed by atoms with Crippen LogP contribution in [0.5, 0.6) is 0 Å². The Hall–Kier alpha value is -1.63. The number of nitrogens with zero attached hydrogens (tertiary/aromatic N) is 2. The minimum absolute atomic E-state index is 0.0880. The second kappa shape index (κ2) is 4.80. The van der Waals surface area contributed by atoms with Crippen LogP contribution >= 0.6 is 0 Å². The first-order valence-corrected chi connectivity index (χ1v) is 6.38. The summed E-state index contributed by atoms with van der Waals surface area (Å²) in [6.45, 7) is 4.58. The van der Waals surface area contributed by atoms with Crippen molar-refractivity contribution in [3.63, 3.8) is 0 Å². The molecule has 0 radical (unpaired) electrons. The van der Waals surface area contributed by atoms with Crippen molar-refractivity contribution < 1.29 is 19.5 Å². The van der Waals surface area contributed by atoms with E-state index in [2.05, 4.69) is 5.32 Å². The summed E-state index contributed by atoms with van der Waals surface area (Å²) in [5.74, 6) is -0.225. The van der Waals surface area contributed by atoms with Crippen molar-refractivity contribution in [1.29, 1.82) is 0 Å². The van der Waals surface area contributed by atoms with Crippen molar-refractivity contribution in [1.82, 2.24) is 15.1 Å². The molecule has 19 heavy (non-hydrogen) atoms. The quantitative estimate of drug-likeness (QED) is 0.651. The van der Waals surface area contributed by atoms with Gasteiger partial charge in [-0.1, -0.05) is 0 Å². The standard InChI is InChI=1S/C12H19N3O4/c1-12(2)10(18)15(11(19)13-12)4-3-9(17)14-5-8(6-14)7-16/h8,16H,3-7H2,1-2H3,(H,13,19). The Balaban J connectivity index is 1.82. The third kappa shape index (κ3) is 2.56. The molecule has 2 aliphatic heterocycles. The zero-order chi connectivity index (χ0) is 14.2. The number of hydrogen-bond acceptors (Lipinski definition) is 4. The smallest absolute Gasteiger partial charge is 0.325 e. The van der Waals surface area contributed by atoms with Crippen LogP contribution in [0.2, 0.25) is 0 Å². The van der Waals surface area contributed by atoms with Crippen LogP contribution in [0.4, 0.5) is 4.79 Å². The number of rotatable bonds is 4. The van der Waals surface area contributed by atoms with Gasteiger partial charge >= 0.3 is 6.03 Å². The van der Waals surface area contributed by atoms with Gasteiger partial charge in [0.1, 0.15) is 5.54 Å². The first-order chi connectivity index (χ1) is 8.85. The van der Waals surface area contributed by atoms with Crippen LogP contribution in [-0.2, 0) is 9.59 Å². The molecule has 2 saturated heterocycles. The van der Waals surface area contributed by atoms with Crippen LogP contribution in [0.3, 0.4) is 0 Å². The fraction of sp³-hybridized carbons (Fsp3) is 0.750. The third-order valence-electron chi connectivity index (χ3n) is 3.56. The maximum atomic E-state index is 11.9. The van der Waals surface area contributed by atoms with Crippen LogP contribution < -0.4 is 5.32 Å². The zero-order valence-electron chi connectivity index (χ0n) is 11.2. The van der Waals surface area contributed by atoms with E-state index in [0.717, 1.165) is 4.90 Å². The summed E-state index contributed by atoms with van der Waals surface area (Å²) >= 11 is 0. The number of carbonyl (C=O) groups excluding carboxylic acids is 3. The molecule has 2 fully saturated rings. The van der Waals surface area contributed by atoms with Gasteiger partial charge in [0.25, 0.3) is 5.91 Å². The van der Waals surface area contributed by atoms with Crippen molar-refractivity contribution in [2.75, 3.05) is 26.2 Å². The highest BCUT2D eigenvalue weighted by Gasteiger charge is 2.44. The number of carbonyl (C=O) groups is 3. The number of amides is 4. The molecule has 4 amide bonds. The summed E-state index contributed by atoms with van der Waals surface area (Å²) in [5, 5.41) is 11.4. The van der Waals surface area contributed by atoms with Gasteiger partial charge in [-0.2, -0.15) is 0 Å². The molecule has 2 N–H and O–H groups in total. The molecule has 7 nitrogen and oxygen atoms in total. The van der Waals surface area contributed by atoms with Crippen LogP contribution in [0.15, 0.2) is 0 Å². The molecule has 7 heteroatoms. The molecule has 0 aromatic carbocycles. The Kier molecular flexibility index (Phi) is 3.49. The van der Waals surface area contributed by atoms with Gasteiger partial charge in [-0.15, -0.1) is 0 Å². The molecule has 0 spiro atoms. The number of hydrogen-bond donors (Lipinski definition) is 2. The fourth-order valence-corrected chi connectivity index (χ4v) is 2.28. The van der Waals surface area contributed by atoms with Crippen LogP contribution in [-0.4, -0.2) is 64.5 Å². The van der Waals surface area contributed by atoms with Crippen molar-refractivity contribution in [2.24, 2.45) is 5.92 Å². The van der Waals surface area contributed by atoms with Gasteiger partial charge < -0.3 is 15.3 Å². The van der Waals surface area contributed by atoms with Crippen molar-refractivity contribution in [3.8, 4) is 0 Å². The molecule has 0 aliphatic carbocycles. The average Bonchev–Trinajstić information content (AvgIpc) is 2.45. The molecular weight excluding hydrogens is 250 g/mol. The monoisotopic (exact) mass is 269 g/mol. The largest absolute Gasteiger partial charge is 0.396 e. The molecule has 2 rings (SSSR count). The Bertz CT molecular complexity index is 415. The summed E-state index contributed by atoms with van der Waals surface area (Å²) < 4.78 is 0. The lowest BCUT2D eigenvalue weighted by molar-refractivity contribution is -0.139. The first kappa shape index (κ1) is 13.8.